The number of methoxy groups -OCH3 is 2. The van der Waals surface area contributed by atoms with E-state index in [1.54, 1.807) is 32.2 Å². The average molecular weight is 335 g/mol. The van der Waals surface area contributed by atoms with Crippen molar-refractivity contribution in [3.05, 3.63) is 23.8 Å². The highest BCUT2D eigenvalue weighted by Crippen LogP contribution is 2.33. The first-order chi connectivity index (χ1) is 11.4. The van der Waals surface area contributed by atoms with Gasteiger partial charge in [0.1, 0.15) is 29.2 Å². The lowest BCUT2D eigenvalue weighted by molar-refractivity contribution is -0.177. The highest BCUT2D eigenvalue weighted by molar-refractivity contribution is 6.11. The summed E-state index contributed by atoms with van der Waals surface area (Å²) in [5.74, 6) is -1.09. The van der Waals surface area contributed by atoms with Crippen LogP contribution in [0.4, 0.5) is 0 Å². The summed E-state index contributed by atoms with van der Waals surface area (Å²) < 4.78 is 15.4. The second-order valence-corrected chi connectivity index (χ2v) is 5.43. The Morgan fingerprint density at radius 1 is 1.21 bits per heavy atom. The number of rotatable bonds is 7. The molecule has 1 aliphatic heterocycles. The van der Waals surface area contributed by atoms with Gasteiger partial charge in [0.2, 0.25) is 5.91 Å². The number of likely N-dealkylation sites (tertiary alicyclic amines) is 1. The van der Waals surface area contributed by atoms with E-state index < -0.39 is 17.9 Å². The average Bonchev–Trinajstić information content (AvgIpc) is 2.56. The zero-order valence-corrected chi connectivity index (χ0v) is 14.2. The number of carbonyl (C=O) groups is 3. The molecule has 0 N–H and O–H groups in total. The van der Waals surface area contributed by atoms with Crippen molar-refractivity contribution in [2.24, 2.45) is 5.92 Å². The van der Waals surface area contributed by atoms with Crippen LogP contribution in [-0.2, 0) is 25.7 Å². The molecule has 1 heterocycles. The molecule has 24 heavy (non-hydrogen) atoms. The van der Waals surface area contributed by atoms with Gasteiger partial charge in [-0.05, 0) is 26.0 Å². The molecule has 1 amide bonds. The number of carbonyl (C=O) groups excluding carboxylic acids is 3. The highest BCUT2D eigenvalue weighted by Gasteiger charge is 2.54. The number of amides is 1. The van der Waals surface area contributed by atoms with Gasteiger partial charge in [0, 0.05) is 11.6 Å². The van der Waals surface area contributed by atoms with Gasteiger partial charge in [0.25, 0.3) is 0 Å². The maximum absolute atomic E-state index is 12.3. The zero-order chi connectivity index (χ0) is 17.9. The minimum absolute atomic E-state index is 0.152. The van der Waals surface area contributed by atoms with Gasteiger partial charge in [-0.15, -0.1) is 0 Å². The molecule has 7 heteroatoms. The Labute approximate surface area is 140 Å². The molecule has 1 aromatic rings. The van der Waals surface area contributed by atoms with Gasteiger partial charge in [-0.25, -0.2) is 4.79 Å². The Morgan fingerprint density at radius 2 is 1.92 bits per heavy atom. The highest BCUT2D eigenvalue weighted by atomic mass is 16.5. The third-order valence-electron chi connectivity index (χ3n) is 4.00. The number of benzene rings is 1. The van der Waals surface area contributed by atoms with E-state index in [4.69, 9.17) is 14.2 Å². The van der Waals surface area contributed by atoms with E-state index in [-0.39, 0.29) is 24.8 Å². The van der Waals surface area contributed by atoms with Crippen LogP contribution in [0.15, 0.2) is 18.2 Å². The number of hydrogen-bond acceptors (Lipinski definition) is 6. The summed E-state index contributed by atoms with van der Waals surface area (Å²) in [6.07, 6.45) is 0. The van der Waals surface area contributed by atoms with Crippen LogP contribution < -0.4 is 9.47 Å². The number of hydrogen-bond donors (Lipinski definition) is 0. The Kier molecular flexibility index (Phi) is 5.43. The lowest BCUT2D eigenvalue weighted by Crippen LogP contribution is -2.66. The largest absolute Gasteiger partial charge is 0.497 e. The standard InChI is InChI=1S/C17H21NO6/c1-5-24-17(21)15-14(10(2)19)16(20)18(15)9-11-6-7-12(22-3)8-13(11)23-4/h6-8,14-15H,5,9H2,1-4H3. The van der Waals surface area contributed by atoms with Crippen molar-refractivity contribution in [3.8, 4) is 11.5 Å². The van der Waals surface area contributed by atoms with Crippen LogP contribution in [0, 0.1) is 5.92 Å². The molecule has 2 unspecified atom stereocenters. The second kappa shape index (κ2) is 7.33. The molecule has 0 saturated carbocycles. The van der Waals surface area contributed by atoms with Crippen molar-refractivity contribution in [1.29, 1.82) is 0 Å². The maximum atomic E-state index is 12.3. The van der Waals surface area contributed by atoms with Crippen LogP contribution in [0.3, 0.4) is 0 Å². The summed E-state index contributed by atoms with van der Waals surface area (Å²) in [6.45, 7) is 3.32. The van der Waals surface area contributed by atoms with Gasteiger partial charge in [0.15, 0.2) is 0 Å². The molecule has 0 bridgehead atoms. The van der Waals surface area contributed by atoms with Gasteiger partial charge in [0.05, 0.1) is 27.4 Å². The monoisotopic (exact) mass is 335 g/mol. The minimum atomic E-state index is -0.965. The van der Waals surface area contributed by atoms with E-state index in [2.05, 4.69) is 0 Å². The molecule has 1 fully saturated rings. The van der Waals surface area contributed by atoms with Crippen molar-refractivity contribution in [1.82, 2.24) is 4.90 Å². The van der Waals surface area contributed by atoms with Gasteiger partial charge in [-0.2, -0.15) is 0 Å². The number of esters is 1. The van der Waals surface area contributed by atoms with Crippen LogP contribution >= 0.6 is 0 Å². The molecule has 2 atom stereocenters. The third kappa shape index (κ3) is 3.20. The lowest BCUT2D eigenvalue weighted by Gasteiger charge is -2.44. The Bertz CT molecular complexity index is 656. The van der Waals surface area contributed by atoms with Gasteiger partial charge in [-0.1, -0.05) is 0 Å². The second-order valence-electron chi connectivity index (χ2n) is 5.43. The molecule has 1 saturated heterocycles. The number of ether oxygens (including phenoxy) is 3. The zero-order valence-electron chi connectivity index (χ0n) is 14.2. The Balaban J connectivity index is 2.25. The van der Waals surface area contributed by atoms with Crippen molar-refractivity contribution in [2.45, 2.75) is 26.4 Å². The Morgan fingerprint density at radius 3 is 2.46 bits per heavy atom. The van der Waals surface area contributed by atoms with E-state index in [1.807, 2.05) is 0 Å². The van der Waals surface area contributed by atoms with Crippen molar-refractivity contribution < 1.29 is 28.6 Å². The summed E-state index contributed by atoms with van der Waals surface area (Å²) in [6, 6.07) is 4.31. The Hall–Kier alpha value is -2.57. The van der Waals surface area contributed by atoms with Crippen molar-refractivity contribution in [3.63, 3.8) is 0 Å². The van der Waals surface area contributed by atoms with Crippen LogP contribution in [0.5, 0.6) is 11.5 Å². The minimum Gasteiger partial charge on any atom is -0.497 e. The van der Waals surface area contributed by atoms with Crippen LogP contribution in [0.25, 0.3) is 0 Å². The molecule has 0 aromatic heterocycles. The van der Waals surface area contributed by atoms with Crippen molar-refractivity contribution >= 4 is 17.7 Å². The van der Waals surface area contributed by atoms with Crippen LogP contribution in [0.1, 0.15) is 19.4 Å². The smallest absolute Gasteiger partial charge is 0.330 e. The predicted molar refractivity (Wildman–Crippen MR) is 84.7 cm³/mol. The molecule has 130 valence electrons. The predicted octanol–water partition coefficient (Wildman–Crippen LogP) is 1.18. The normalized spacial score (nSPS) is 19.5. The first-order valence-electron chi connectivity index (χ1n) is 7.63. The summed E-state index contributed by atoms with van der Waals surface area (Å²) in [5.41, 5.74) is 0.711. The molecule has 0 radical (unpaired) electrons. The van der Waals surface area contributed by atoms with Crippen molar-refractivity contribution in [2.75, 3.05) is 20.8 Å². The lowest BCUT2D eigenvalue weighted by atomic mass is 9.83. The molecule has 0 aliphatic carbocycles. The van der Waals surface area contributed by atoms with E-state index in [0.29, 0.717) is 17.1 Å². The summed E-state index contributed by atoms with van der Waals surface area (Å²) in [5, 5.41) is 0. The molecule has 2 rings (SSSR count). The van der Waals surface area contributed by atoms with Crippen LogP contribution in [0.2, 0.25) is 0 Å². The molecule has 0 spiro atoms. The van der Waals surface area contributed by atoms with E-state index in [0.717, 1.165) is 0 Å². The topological polar surface area (TPSA) is 82.1 Å². The van der Waals surface area contributed by atoms with Gasteiger partial charge in [-0.3, -0.25) is 9.59 Å². The van der Waals surface area contributed by atoms with Crippen LogP contribution in [-0.4, -0.2) is 49.4 Å². The first kappa shape index (κ1) is 17.8. The third-order valence-corrected chi connectivity index (χ3v) is 4.00. The summed E-state index contributed by atoms with van der Waals surface area (Å²) in [7, 11) is 3.05. The first-order valence-corrected chi connectivity index (χ1v) is 7.63. The number of Topliss-reactive ketones (excluding diaryl/α,β-unsaturated/α-hetero) is 1. The van der Waals surface area contributed by atoms with E-state index in [1.165, 1.54) is 18.9 Å². The quantitative estimate of drug-likeness (QED) is 0.423. The molecule has 7 nitrogen and oxygen atoms in total. The van der Waals surface area contributed by atoms with E-state index in [9.17, 15) is 14.4 Å². The number of ketones is 1. The fraction of sp³-hybridized carbons (Fsp3) is 0.471. The summed E-state index contributed by atoms with van der Waals surface area (Å²) >= 11 is 0. The number of nitrogens with zero attached hydrogens (tertiary/aromatic N) is 1. The summed E-state index contributed by atoms with van der Waals surface area (Å²) in [4.78, 5) is 37.4. The van der Waals surface area contributed by atoms with Gasteiger partial charge >= 0.3 is 5.97 Å². The number of β-lactam (4-membered cyclic amide) rings is 1. The van der Waals surface area contributed by atoms with E-state index >= 15 is 0 Å². The maximum Gasteiger partial charge on any atom is 0.330 e. The van der Waals surface area contributed by atoms with Gasteiger partial charge < -0.3 is 19.1 Å². The molecular weight excluding hydrogens is 314 g/mol. The fourth-order valence-corrected chi connectivity index (χ4v) is 2.78. The SMILES string of the molecule is CCOC(=O)C1C(C(C)=O)C(=O)N1Cc1ccc(OC)cc1OC. The fourth-order valence-electron chi connectivity index (χ4n) is 2.78. The molecular formula is C17H21NO6. The molecule has 1 aliphatic rings. The molecule has 1 aromatic carbocycles.